The molecule has 0 aliphatic rings. The standard InChI is InChI=1S/C16H24N2O4/c1-4-16(5-2,8-9-19)11-17-15(20)13-7-6-12(3)14(10-13)18(21)22/h6-7,10,19H,4-5,8-9,11H2,1-3H3,(H,17,20). The van der Waals surface area contributed by atoms with Gasteiger partial charge in [0, 0.05) is 30.3 Å². The van der Waals surface area contributed by atoms with Crippen LogP contribution in [0.2, 0.25) is 0 Å². The second-order valence-corrected chi connectivity index (χ2v) is 5.62. The van der Waals surface area contributed by atoms with Gasteiger partial charge in [0.25, 0.3) is 11.6 Å². The highest BCUT2D eigenvalue weighted by Crippen LogP contribution is 2.29. The Hall–Kier alpha value is -1.95. The lowest BCUT2D eigenvalue weighted by molar-refractivity contribution is -0.385. The van der Waals surface area contributed by atoms with Gasteiger partial charge < -0.3 is 10.4 Å². The van der Waals surface area contributed by atoms with Crippen LogP contribution in [0.4, 0.5) is 5.69 Å². The molecule has 0 spiro atoms. The van der Waals surface area contributed by atoms with Crippen LogP contribution in [0.3, 0.4) is 0 Å². The molecule has 1 rings (SSSR count). The quantitative estimate of drug-likeness (QED) is 0.570. The van der Waals surface area contributed by atoms with E-state index in [0.717, 1.165) is 12.8 Å². The zero-order valence-corrected chi connectivity index (χ0v) is 13.4. The molecule has 0 atom stereocenters. The number of benzene rings is 1. The average molecular weight is 308 g/mol. The fourth-order valence-corrected chi connectivity index (χ4v) is 2.50. The highest BCUT2D eigenvalue weighted by Gasteiger charge is 2.26. The smallest absolute Gasteiger partial charge is 0.273 e. The molecule has 0 saturated carbocycles. The fourth-order valence-electron chi connectivity index (χ4n) is 2.50. The number of nitro benzene ring substituents is 1. The van der Waals surface area contributed by atoms with E-state index in [9.17, 15) is 20.0 Å². The normalized spacial score (nSPS) is 11.3. The summed E-state index contributed by atoms with van der Waals surface area (Å²) in [6, 6.07) is 4.47. The number of rotatable bonds is 8. The summed E-state index contributed by atoms with van der Waals surface area (Å²) in [5.74, 6) is -0.327. The molecule has 0 heterocycles. The van der Waals surface area contributed by atoms with Gasteiger partial charge >= 0.3 is 0 Å². The third kappa shape index (κ3) is 4.27. The van der Waals surface area contributed by atoms with Crippen molar-refractivity contribution in [2.24, 2.45) is 5.41 Å². The number of nitrogens with one attached hydrogen (secondary N) is 1. The van der Waals surface area contributed by atoms with Gasteiger partial charge in [0.1, 0.15) is 0 Å². The number of carbonyl (C=O) groups is 1. The lowest BCUT2D eigenvalue weighted by Crippen LogP contribution is -2.37. The summed E-state index contributed by atoms with van der Waals surface area (Å²) >= 11 is 0. The van der Waals surface area contributed by atoms with Crippen LogP contribution in [0.25, 0.3) is 0 Å². The molecule has 22 heavy (non-hydrogen) atoms. The Morgan fingerprint density at radius 2 is 2.00 bits per heavy atom. The maximum Gasteiger partial charge on any atom is 0.273 e. The molecule has 1 amide bonds. The van der Waals surface area contributed by atoms with Gasteiger partial charge in [-0.3, -0.25) is 14.9 Å². The third-order valence-electron chi connectivity index (χ3n) is 4.43. The predicted octanol–water partition coefficient (Wildman–Crippen LogP) is 2.82. The second kappa shape index (κ2) is 7.89. The van der Waals surface area contributed by atoms with Gasteiger partial charge in [0.05, 0.1) is 4.92 Å². The van der Waals surface area contributed by atoms with E-state index >= 15 is 0 Å². The number of carbonyl (C=O) groups excluding carboxylic acids is 1. The molecule has 6 heteroatoms. The average Bonchev–Trinajstić information content (AvgIpc) is 2.51. The van der Waals surface area contributed by atoms with Crippen molar-refractivity contribution in [2.75, 3.05) is 13.2 Å². The number of hydrogen-bond acceptors (Lipinski definition) is 4. The van der Waals surface area contributed by atoms with Crippen molar-refractivity contribution < 1.29 is 14.8 Å². The van der Waals surface area contributed by atoms with Gasteiger partial charge in [-0.1, -0.05) is 19.9 Å². The van der Waals surface area contributed by atoms with Crippen LogP contribution in [0.1, 0.15) is 49.0 Å². The van der Waals surface area contributed by atoms with Crippen LogP contribution >= 0.6 is 0 Å². The zero-order chi connectivity index (χ0) is 16.8. The van der Waals surface area contributed by atoms with E-state index in [2.05, 4.69) is 5.32 Å². The Morgan fingerprint density at radius 3 is 2.50 bits per heavy atom. The van der Waals surface area contributed by atoms with Crippen molar-refractivity contribution in [1.82, 2.24) is 5.32 Å². The van der Waals surface area contributed by atoms with Crippen molar-refractivity contribution in [1.29, 1.82) is 0 Å². The van der Waals surface area contributed by atoms with Crippen LogP contribution in [0.15, 0.2) is 18.2 Å². The van der Waals surface area contributed by atoms with E-state index in [-0.39, 0.29) is 29.2 Å². The van der Waals surface area contributed by atoms with E-state index in [0.29, 0.717) is 18.5 Å². The number of hydrogen-bond donors (Lipinski definition) is 2. The molecule has 0 bridgehead atoms. The number of amides is 1. The van der Waals surface area contributed by atoms with Gasteiger partial charge in [-0.25, -0.2) is 0 Å². The Balaban J connectivity index is 2.85. The molecule has 122 valence electrons. The summed E-state index contributed by atoms with van der Waals surface area (Å²) in [4.78, 5) is 22.7. The Morgan fingerprint density at radius 1 is 1.36 bits per heavy atom. The summed E-state index contributed by atoms with van der Waals surface area (Å²) in [7, 11) is 0. The number of aliphatic hydroxyl groups is 1. The monoisotopic (exact) mass is 308 g/mol. The summed E-state index contributed by atoms with van der Waals surface area (Å²) in [5, 5.41) is 23.0. The first-order valence-corrected chi connectivity index (χ1v) is 7.53. The molecule has 6 nitrogen and oxygen atoms in total. The van der Waals surface area contributed by atoms with Crippen molar-refractivity contribution in [3.8, 4) is 0 Å². The summed E-state index contributed by atoms with van der Waals surface area (Å²) in [5.41, 5.74) is 0.613. The molecule has 2 N–H and O–H groups in total. The van der Waals surface area contributed by atoms with Crippen LogP contribution in [0.5, 0.6) is 0 Å². The van der Waals surface area contributed by atoms with Crippen LogP contribution < -0.4 is 5.32 Å². The fraction of sp³-hybridized carbons (Fsp3) is 0.562. The largest absolute Gasteiger partial charge is 0.396 e. The van der Waals surface area contributed by atoms with Crippen LogP contribution in [-0.2, 0) is 0 Å². The SMILES string of the molecule is CCC(CC)(CCO)CNC(=O)c1ccc(C)c([N+](=O)[O-])c1. The zero-order valence-electron chi connectivity index (χ0n) is 13.4. The summed E-state index contributed by atoms with van der Waals surface area (Å²) in [6.07, 6.45) is 2.31. The minimum Gasteiger partial charge on any atom is -0.396 e. The molecule has 0 aliphatic heterocycles. The summed E-state index contributed by atoms with van der Waals surface area (Å²) < 4.78 is 0. The van der Waals surface area contributed by atoms with E-state index < -0.39 is 4.92 Å². The molecule has 0 fully saturated rings. The van der Waals surface area contributed by atoms with Crippen molar-refractivity contribution in [2.45, 2.75) is 40.0 Å². The van der Waals surface area contributed by atoms with E-state index in [1.54, 1.807) is 19.1 Å². The van der Waals surface area contributed by atoms with E-state index in [1.165, 1.54) is 6.07 Å². The third-order valence-corrected chi connectivity index (χ3v) is 4.43. The van der Waals surface area contributed by atoms with Gasteiger partial charge in [-0.05, 0) is 37.7 Å². The first-order chi connectivity index (χ1) is 10.4. The maximum absolute atomic E-state index is 12.2. The van der Waals surface area contributed by atoms with Crippen molar-refractivity contribution >= 4 is 11.6 Å². The second-order valence-electron chi connectivity index (χ2n) is 5.62. The van der Waals surface area contributed by atoms with E-state index in [4.69, 9.17) is 0 Å². The minimum atomic E-state index is -0.486. The number of nitro groups is 1. The molecule has 0 saturated heterocycles. The molecule has 1 aromatic carbocycles. The minimum absolute atomic E-state index is 0.0553. The predicted molar refractivity (Wildman–Crippen MR) is 84.9 cm³/mol. The summed E-state index contributed by atoms with van der Waals surface area (Å²) in [6.45, 7) is 6.22. The van der Waals surface area contributed by atoms with Gasteiger partial charge in [0.15, 0.2) is 0 Å². The molecular weight excluding hydrogens is 284 g/mol. The topological polar surface area (TPSA) is 92.5 Å². The van der Waals surface area contributed by atoms with Gasteiger partial charge in [-0.15, -0.1) is 0 Å². The molecule has 1 aromatic rings. The number of aliphatic hydroxyl groups excluding tert-OH is 1. The Bertz CT molecular complexity index is 539. The van der Waals surface area contributed by atoms with Gasteiger partial charge in [0.2, 0.25) is 0 Å². The highest BCUT2D eigenvalue weighted by atomic mass is 16.6. The molecule has 0 aromatic heterocycles. The number of nitrogens with zero attached hydrogens (tertiary/aromatic N) is 1. The van der Waals surface area contributed by atoms with Crippen molar-refractivity contribution in [3.05, 3.63) is 39.4 Å². The van der Waals surface area contributed by atoms with Crippen LogP contribution in [-0.4, -0.2) is 29.1 Å². The Kier molecular flexibility index (Phi) is 6.49. The molecule has 0 aliphatic carbocycles. The van der Waals surface area contributed by atoms with E-state index in [1.807, 2.05) is 13.8 Å². The lowest BCUT2D eigenvalue weighted by atomic mass is 9.79. The maximum atomic E-state index is 12.2. The van der Waals surface area contributed by atoms with Crippen molar-refractivity contribution in [3.63, 3.8) is 0 Å². The molecule has 0 unspecified atom stereocenters. The van der Waals surface area contributed by atoms with Crippen LogP contribution in [0, 0.1) is 22.5 Å². The number of aryl methyl sites for hydroxylation is 1. The lowest BCUT2D eigenvalue weighted by Gasteiger charge is -2.31. The highest BCUT2D eigenvalue weighted by molar-refractivity contribution is 5.95. The first-order valence-electron chi connectivity index (χ1n) is 7.53. The molecular formula is C16H24N2O4. The Labute approximate surface area is 130 Å². The van der Waals surface area contributed by atoms with Gasteiger partial charge in [-0.2, -0.15) is 0 Å². The molecule has 0 radical (unpaired) electrons. The first kappa shape index (κ1) is 18.1.